The second kappa shape index (κ2) is 16.5. The van der Waals surface area contributed by atoms with E-state index in [4.69, 9.17) is 0 Å². The Morgan fingerprint density at radius 3 is 0.688 bits per heavy atom. The Hall–Kier alpha value is 1.46. The van der Waals surface area contributed by atoms with Crippen molar-refractivity contribution in [3.8, 4) is 0 Å². The highest BCUT2D eigenvalue weighted by Crippen LogP contribution is 2.12. The molecule has 0 aliphatic heterocycles. The lowest BCUT2D eigenvalue weighted by Crippen LogP contribution is -1.83. The fraction of sp³-hybridized carbons (Fsp3) is 1.00. The maximum absolute atomic E-state index is 2.48. The molecule has 0 N–H and O–H groups in total. The lowest BCUT2D eigenvalue weighted by atomic mass is 10.1. The number of halogens is 2. The highest BCUT2D eigenvalue weighted by Gasteiger charge is 1.93. The van der Waals surface area contributed by atoms with Crippen LogP contribution >= 0.6 is 45.2 Å². The molecule has 0 rings (SSSR count). The zero-order chi connectivity index (χ0) is 11.9. The number of unbranched alkanes of at least 4 members (excludes halogenated alkanes) is 11. The predicted molar refractivity (Wildman–Crippen MR) is 93.2 cm³/mol. The third-order valence-corrected chi connectivity index (χ3v) is 4.54. The Bertz CT molecular complexity index is 101. The van der Waals surface area contributed by atoms with Gasteiger partial charge in [0.05, 0.1) is 0 Å². The minimum Gasteiger partial charge on any atom is -0.0864 e. The van der Waals surface area contributed by atoms with Crippen LogP contribution in [0, 0.1) is 0 Å². The zero-order valence-electron chi connectivity index (χ0n) is 10.7. The molecule has 0 saturated carbocycles. The van der Waals surface area contributed by atoms with Gasteiger partial charge < -0.3 is 0 Å². The molecule has 0 aromatic carbocycles. The first-order valence-corrected chi connectivity index (χ1v) is 10.1. The van der Waals surface area contributed by atoms with Gasteiger partial charge in [-0.2, -0.15) is 0 Å². The molecule has 98 valence electrons. The highest BCUT2D eigenvalue weighted by atomic mass is 127. The lowest BCUT2D eigenvalue weighted by Gasteiger charge is -2.02. The van der Waals surface area contributed by atoms with Crippen LogP contribution in [0.1, 0.15) is 77.0 Å². The van der Waals surface area contributed by atoms with Crippen LogP contribution in [0.4, 0.5) is 0 Å². The summed E-state index contributed by atoms with van der Waals surface area (Å²) in [5.74, 6) is 0. The average molecular weight is 450 g/mol. The maximum atomic E-state index is 2.48. The molecule has 0 saturated heterocycles. The second-order valence-corrected chi connectivity index (χ2v) is 6.78. The fourth-order valence-corrected chi connectivity index (χ4v) is 3.04. The van der Waals surface area contributed by atoms with Crippen molar-refractivity contribution in [3.63, 3.8) is 0 Å². The Morgan fingerprint density at radius 2 is 0.500 bits per heavy atom. The van der Waals surface area contributed by atoms with Crippen molar-refractivity contribution in [2.45, 2.75) is 77.0 Å². The molecule has 0 spiro atoms. The Labute approximate surface area is 130 Å². The van der Waals surface area contributed by atoms with E-state index in [2.05, 4.69) is 45.2 Å². The zero-order valence-corrected chi connectivity index (χ0v) is 15.0. The number of hydrogen-bond donors (Lipinski definition) is 0. The van der Waals surface area contributed by atoms with Crippen LogP contribution in [0.3, 0.4) is 0 Å². The monoisotopic (exact) mass is 450 g/mol. The molecule has 0 amide bonds. The van der Waals surface area contributed by atoms with Crippen molar-refractivity contribution in [3.05, 3.63) is 0 Å². The van der Waals surface area contributed by atoms with E-state index in [9.17, 15) is 0 Å². The van der Waals surface area contributed by atoms with Gasteiger partial charge in [0, 0.05) is 0 Å². The largest absolute Gasteiger partial charge is 0.0864 e. The van der Waals surface area contributed by atoms with Crippen LogP contribution in [-0.2, 0) is 0 Å². The summed E-state index contributed by atoms with van der Waals surface area (Å²) >= 11 is 4.96. The minimum atomic E-state index is 1.34. The van der Waals surface area contributed by atoms with Gasteiger partial charge in [0.1, 0.15) is 0 Å². The first-order chi connectivity index (χ1) is 7.91. The molecule has 2 heteroatoms. The van der Waals surface area contributed by atoms with Gasteiger partial charge in [-0.3, -0.25) is 0 Å². The van der Waals surface area contributed by atoms with Crippen LogP contribution in [0.15, 0.2) is 0 Å². The van der Waals surface area contributed by atoms with Crippen molar-refractivity contribution >= 4 is 45.2 Å². The van der Waals surface area contributed by atoms with Gasteiger partial charge in [0.15, 0.2) is 0 Å². The van der Waals surface area contributed by atoms with E-state index in [-0.39, 0.29) is 0 Å². The van der Waals surface area contributed by atoms with E-state index in [0.717, 1.165) is 0 Å². The summed E-state index contributed by atoms with van der Waals surface area (Å²) in [4.78, 5) is 0. The SMILES string of the molecule is ICCCCCCCCCCCCCCI. The first kappa shape index (κ1) is 17.5. The molecule has 0 nitrogen and oxygen atoms in total. The van der Waals surface area contributed by atoms with E-state index in [1.807, 2.05) is 0 Å². The van der Waals surface area contributed by atoms with Gasteiger partial charge in [-0.15, -0.1) is 0 Å². The molecule has 0 aliphatic rings. The topological polar surface area (TPSA) is 0 Å². The summed E-state index contributed by atoms with van der Waals surface area (Å²) in [6.45, 7) is 0. The third kappa shape index (κ3) is 15.5. The summed E-state index contributed by atoms with van der Waals surface area (Å²) in [5, 5.41) is 0. The fourth-order valence-electron chi connectivity index (χ4n) is 1.96. The number of alkyl halides is 2. The molecular weight excluding hydrogens is 422 g/mol. The number of hydrogen-bond acceptors (Lipinski definition) is 0. The van der Waals surface area contributed by atoms with Crippen LogP contribution in [-0.4, -0.2) is 8.86 Å². The highest BCUT2D eigenvalue weighted by molar-refractivity contribution is 14.1. The lowest BCUT2D eigenvalue weighted by molar-refractivity contribution is 0.549. The Morgan fingerprint density at radius 1 is 0.312 bits per heavy atom. The van der Waals surface area contributed by atoms with Crippen molar-refractivity contribution in [1.82, 2.24) is 0 Å². The van der Waals surface area contributed by atoms with Crippen molar-refractivity contribution in [1.29, 1.82) is 0 Å². The van der Waals surface area contributed by atoms with Crippen molar-refractivity contribution in [2.24, 2.45) is 0 Å². The molecule has 0 aromatic heterocycles. The first-order valence-electron chi connectivity index (χ1n) is 7.03. The van der Waals surface area contributed by atoms with Crippen LogP contribution in [0.5, 0.6) is 0 Å². The predicted octanol–water partition coefficient (Wildman–Crippen LogP) is 6.54. The van der Waals surface area contributed by atoms with E-state index in [1.54, 1.807) is 0 Å². The van der Waals surface area contributed by atoms with E-state index >= 15 is 0 Å². The standard InChI is InChI=1S/C14H28I2/c15-13-11-9-7-5-3-1-2-4-6-8-10-12-14-16/h1-14H2. The van der Waals surface area contributed by atoms with Gasteiger partial charge in [-0.25, -0.2) is 0 Å². The van der Waals surface area contributed by atoms with E-state index in [1.165, 1.54) is 85.9 Å². The van der Waals surface area contributed by atoms with Gasteiger partial charge in [-0.05, 0) is 21.7 Å². The molecule has 0 aliphatic carbocycles. The molecule has 0 radical (unpaired) electrons. The van der Waals surface area contributed by atoms with Gasteiger partial charge in [-0.1, -0.05) is 109 Å². The summed E-state index contributed by atoms with van der Waals surface area (Å²) in [5.41, 5.74) is 0. The molecule has 0 unspecified atom stereocenters. The Kier molecular flexibility index (Phi) is 18.0. The molecule has 0 heterocycles. The summed E-state index contributed by atoms with van der Waals surface area (Å²) in [6.07, 6.45) is 17.6. The van der Waals surface area contributed by atoms with E-state index in [0.29, 0.717) is 0 Å². The molecule has 0 bridgehead atoms. The quantitative estimate of drug-likeness (QED) is 0.170. The van der Waals surface area contributed by atoms with Gasteiger partial charge in [0.2, 0.25) is 0 Å². The third-order valence-electron chi connectivity index (χ3n) is 3.02. The maximum Gasteiger partial charge on any atom is -0.000473 e. The van der Waals surface area contributed by atoms with Gasteiger partial charge >= 0.3 is 0 Å². The van der Waals surface area contributed by atoms with Crippen LogP contribution in [0.25, 0.3) is 0 Å². The summed E-state index contributed by atoms with van der Waals surface area (Å²) in [7, 11) is 0. The second-order valence-electron chi connectivity index (χ2n) is 4.62. The molecule has 0 atom stereocenters. The van der Waals surface area contributed by atoms with Crippen LogP contribution in [0.2, 0.25) is 0 Å². The van der Waals surface area contributed by atoms with Crippen LogP contribution < -0.4 is 0 Å². The Balaban J connectivity index is 2.83. The normalized spacial score (nSPS) is 10.9. The average Bonchev–Trinajstić information content (AvgIpc) is 2.31. The summed E-state index contributed by atoms with van der Waals surface area (Å²) in [6, 6.07) is 0. The molecule has 0 fully saturated rings. The molecule has 16 heavy (non-hydrogen) atoms. The van der Waals surface area contributed by atoms with Crippen molar-refractivity contribution < 1.29 is 0 Å². The smallest absolute Gasteiger partial charge is 0.000473 e. The molecule has 0 aromatic rings. The van der Waals surface area contributed by atoms with Gasteiger partial charge in [0.25, 0.3) is 0 Å². The number of rotatable bonds is 13. The van der Waals surface area contributed by atoms with E-state index < -0.39 is 0 Å². The summed E-state index contributed by atoms with van der Waals surface area (Å²) < 4.78 is 2.68. The molecular formula is C14H28I2. The minimum absolute atomic E-state index is 1.34. The van der Waals surface area contributed by atoms with Crippen molar-refractivity contribution in [2.75, 3.05) is 8.86 Å².